The number of hydrogen-bond donors (Lipinski definition) is 1. The summed E-state index contributed by atoms with van der Waals surface area (Å²) in [6.45, 7) is 14.0. The van der Waals surface area contributed by atoms with E-state index in [1.807, 2.05) is 0 Å². The second-order valence-corrected chi connectivity index (χ2v) is 6.13. The number of rotatable bonds is 24. The lowest BCUT2D eigenvalue weighted by atomic mass is 10.4. The van der Waals surface area contributed by atoms with Gasteiger partial charge in [0, 0.05) is 26.3 Å². The number of nitrogens with one attached hydrogen (secondary N) is 1. The summed E-state index contributed by atoms with van der Waals surface area (Å²) in [7, 11) is 0. The third-order valence-corrected chi connectivity index (χ3v) is 3.62. The Morgan fingerprint density at radius 2 is 0.704 bits per heavy atom. The minimum Gasteiger partial charge on any atom is -0.379 e. The number of unbranched alkanes of at least 4 members (excludes halogenated alkanes) is 2. The smallest absolute Gasteiger partial charge is 0.0701 e. The molecule has 0 saturated carbocycles. The molecule has 0 aliphatic heterocycles. The van der Waals surface area contributed by atoms with E-state index in [1.165, 1.54) is 12.8 Å². The third kappa shape index (κ3) is 25.7. The highest BCUT2D eigenvalue weighted by atomic mass is 16.5. The fourth-order valence-corrected chi connectivity index (χ4v) is 1.99. The largest absolute Gasteiger partial charge is 0.379 e. The molecule has 0 spiro atoms. The molecule has 164 valence electrons. The van der Waals surface area contributed by atoms with Crippen molar-refractivity contribution in [2.75, 3.05) is 92.4 Å². The predicted octanol–water partition coefficient (Wildman–Crippen LogP) is 2.28. The molecule has 0 radical (unpaired) electrons. The first-order chi connectivity index (χ1) is 13.4. The Morgan fingerprint density at radius 1 is 0.407 bits per heavy atom. The van der Waals surface area contributed by atoms with Crippen LogP contribution in [0.4, 0.5) is 0 Å². The zero-order chi connectivity index (χ0) is 19.7. The van der Waals surface area contributed by atoms with Gasteiger partial charge in [0.05, 0.1) is 66.1 Å². The van der Waals surface area contributed by atoms with E-state index in [1.54, 1.807) is 0 Å². The highest BCUT2D eigenvalue weighted by Crippen LogP contribution is 1.89. The first kappa shape index (κ1) is 26.7. The summed E-state index contributed by atoms with van der Waals surface area (Å²) in [5.41, 5.74) is 0. The topological polar surface area (TPSA) is 67.4 Å². The van der Waals surface area contributed by atoms with Crippen molar-refractivity contribution >= 4 is 0 Å². The van der Waals surface area contributed by atoms with E-state index in [2.05, 4.69) is 19.2 Å². The first-order valence-corrected chi connectivity index (χ1v) is 10.6. The van der Waals surface area contributed by atoms with E-state index in [9.17, 15) is 0 Å². The molecular formula is C20H43NO6. The van der Waals surface area contributed by atoms with Crippen LogP contribution in [0.3, 0.4) is 0 Å². The highest BCUT2D eigenvalue weighted by Gasteiger charge is 1.94. The van der Waals surface area contributed by atoms with Crippen molar-refractivity contribution in [2.45, 2.75) is 39.5 Å². The van der Waals surface area contributed by atoms with E-state index in [-0.39, 0.29) is 0 Å². The van der Waals surface area contributed by atoms with Crippen LogP contribution in [0.1, 0.15) is 39.5 Å². The normalized spacial score (nSPS) is 11.3. The summed E-state index contributed by atoms with van der Waals surface area (Å²) in [5, 5.41) is 3.28. The molecule has 0 heterocycles. The molecule has 0 aromatic carbocycles. The van der Waals surface area contributed by atoms with Crippen molar-refractivity contribution in [1.29, 1.82) is 0 Å². The maximum absolute atomic E-state index is 5.48. The molecule has 0 atom stereocenters. The summed E-state index contributed by atoms with van der Waals surface area (Å²) in [6, 6.07) is 0. The van der Waals surface area contributed by atoms with Crippen molar-refractivity contribution in [3.8, 4) is 0 Å². The highest BCUT2D eigenvalue weighted by molar-refractivity contribution is 4.45. The third-order valence-electron chi connectivity index (χ3n) is 3.62. The van der Waals surface area contributed by atoms with Crippen LogP contribution in [0, 0.1) is 0 Å². The van der Waals surface area contributed by atoms with Gasteiger partial charge in [-0.15, -0.1) is 0 Å². The molecule has 0 aromatic heterocycles. The summed E-state index contributed by atoms with van der Waals surface area (Å²) in [4.78, 5) is 0. The van der Waals surface area contributed by atoms with Crippen LogP contribution in [0.15, 0.2) is 0 Å². The van der Waals surface area contributed by atoms with Gasteiger partial charge in [-0.3, -0.25) is 0 Å². The van der Waals surface area contributed by atoms with Gasteiger partial charge >= 0.3 is 0 Å². The van der Waals surface area contributed by atoms with Crippen molar-refractivity contribution in [3.05, 3.63) is 0 Å². The SMILES string of the molecule is CCCCOCCOCCOCCNCCOCCOCCOCCCC. The van der Waals surface area contributed by atoms with Crippen LogP contribution in [0.2, 0.25) is 0 Å². The standard InChI is InChI=1S/C20H43NO6/c1-3-5-9-22-13-17-26-19-15-24-11-7-21-8-12-25-16-20-27-18-14-23-10-6-4-2/h21H,3-20H2,1-2H3. The lowest BCUT2D eigenvalue weighted by Crippen LogP contribution is -2.25. The van der Waals surface area contributed by atoms with Gasteiger partial charge in [-0.05, 0) is 12.8 Å². The van der Waals surface area contributed by atoms with Gasteiger partial charge in [-0.2, -0.15) is 0 Å². The van der Waals surface area contributed by atoms with Crippen molar-refractivity contribution < 1.29 is 28.4 Å². The molecule has 0 aliphatic carbocycles. The molecule has 7 nitrogen and oxygen atoms in total. The Balaban J connectivity index is 2.95. The second kappa shape index (κ2) is 25.7. The van der Waals surface area contributed by atoms with Gasteiger partial charge in [-0.25, -0.2) is 0 Å². The summed E-state index contributed by atoms with van der Waals surface area (Å²) >= 11 is 0. The number of ether oxygens (including phenoxy) is 6. The average Bonchev–Trinajstić information content (AvgIpc) is 2.68. The van der Waals surface area contributed by atoms with Gasteiger partial charge in [0.15, 0.2) is 0 Å². The van der Waals surface area contributed by atoms with Crippen LogP contribution in [-0.4, -0.2) is 92.4 Å². The summed E-state index contributed by atoms with van der Waals surface area (Å²) in [5.74, 6) is 0. The molecule has 0 rings (SSSR count). The Kier molecular flexibility index (Phi) is 25.5. The Labute approximate surface area is 166 Å². The molecule has 0 unspecified atom stereocenters. The molecule has 7 heteroatoms. The molecule has 0 fully saturated rings. The van der Waals surface area contributed by atoms with Gasteiger partial charge in [0.25, 0.3) is 0 Å². The van der Waals surface area contributed by atoms with Crippen LogP contribution >= 0.6 is 0 Å². The van der Waals surface area contributed by atoms with Crippen LogP contribution in [0.5, 0.6) is 0 Å². The quantitative estimate of drug-likeness (QED) is 0.252. The monoisotopic (exact) mass is 393 g/mol. The van der Waals surface area contributed by atoms with Crippen LogP contribution in [0.25, 0.3) is 0 Å². The minimum absolute atomic E-state index is 0.615. The number of hydrogen-bond acceptors (Lipinski definition) is 7. The maximum Gasteiger partial charge on any atom is 0.0701 e. The van der Waals surface area contributed by atoms with Gasteiger partial charge in [-0.1, -0.05) is 26.7 Å². The van der Waals surface area contributed by atoms with Gasteiger partial charge in [0.1, 0.15) is 0 Å². The van der Waals surface area contributed by atoms with E-state index < -0.39 is 0 Å². The van der Waals surface area contributed by atoms with E-state index in [4.69, 9.17) is 28.4 Å². The Bertz CT molecular complexity index is 235. The zero-order valence-corrected chi connectivity index (χ0v) is 17.7. The van der Waals surface area contributed by atoms with Crippen molar-refractivity contribution in [2.24, 2.45) is 0 Å². The fraction of sp³-hybridized carbons (Fsp3) is 1.00. The molecule has 0 bridgehead atoms. The second-order valence-electron chi connectivity index (χ2n) is 6.13. The van der Waals surface area contributed by atoms with E-state index in [0.29, 0.717) is 66.1 Å². The summed E-state index contributed by atoms with van der Waals surface area (Å²) < 4.78 is 32.6. The minimum atomic E-state index is 0.615. The van der Waals surface area contributed by atoms with Gasteiger partial charge in [0.2, 0.25) is 0 Å². The lowest BCUT2D eigenvalue weighted by molar-refractivity contribution is 0.0118. The molecule has 27 heavy (non-hydrogen) atoms. The zero-order valence-electron chi connectivity index (χ0n) is 17.7. The first-order valence-electron chi connectivity index (χ1n) is 10.6. The molecular weight excluding hydrogens is 350 g/mol. The maximum atomic E-state index is 5.48. The van der Waals surface area contributed by atoms with E-state index in [0.717, 1.165) is 39.1 Å². The van der Waals surface area contributed by atoms with E-state index >= 15 is 0 Å². The predicted molar refractivity (Wildman–Crippen MR) is 108 cm³/mol. The molecule has 0 amide bonds. The molecule has 0 saturated heterocycles. The van der Waals surface area contributed by atoms with Crippen LogP contribution < -0.4 is 5.32 Å². The average molecular weight is 394 g/mol. The lowest BCUT2D eigenvalue weighted by Gasteiger charge is -2.08. The fourth-order valence-electron chi connectivity index (χ4n) is 1.99. The molecule has 1 N–H and O–H groups in total. The van der Waals surface area contributed by atoms with Crippen LogP contribution in [-0.2, 0) is 28.4 Å². The van der Waals surface area contributed by atoms with Crippen molar-refractivity contribution in [1.82, 2.24) is 5.32 Å². The Hall–Kier alpha value is -0.280. The van der Waals surface area contributed by atoms with Crippen molar-refractivity contribution in [3.63, 3.8) is 0 Å². The summed E-state index contributed by atoms with van der Waals surface area (Å²) in [6.07, 6.45) is 4.56. The molecule has 0 aliphatic rings. The molecule has 0 aromatic rings. The Morgan fingerprint density at radius 3 is 1.04 bits per heavy atom. The van der Waals surface area contributed by atoms with Gasteiger partial charge < -0.3 is 33.7 Å².